The minimum atomic E-state index is -3.41. The van der Waals surface area contributed by atoms with Gasteiger partial charge < -0.3 is 4.74 Å². The van der Waals surface area contributed by atoms with Crippen LogP contribution in [0.5, 0.6) is 5.75 Å². The van der Waals surface area contributed by atoms with E-state index in [1.54, 1.807) is 5.38 Å². The smallest absolute Gasteiger partial charge is 0.242 e. The van der Waals surface area contributed by atoms with Crippen molar-refractivity contribution in [3.63, 3.8) is 0 Å². The minimum absolute atomic E-state index is 0.00106. The second-order valence-corrected chi connectivity index (χ2v) is 8.10. The van der Waals surface area contributed by atoms with E-state index in [0.29, 0.717) is 18.7 Å². The molecule has 1 aromatic heterocycles. The zero-order valence-electron chi connectivity index (χ0n) is 12.3. The predicted molar refractivity (Wildman–Crippen MR) is 86.7 cm³/mol. The molecule has 1 aliphatic rings. The molecule has 122 valence electrons. The second-order valence-electron chi connectivity index (χ2n) is 5.15. The number of rotatable bonds is 5. The summed E-state index contributed by atoms with van der Waals surface area (Å²) in [5, 5.41) is 2.52. The van der Waals surface area contributed by atoms with Gasteiger partial charge in [0.25, 0.3) is 0 Å². The van der Waals surface area contributed by atoms with Crippen molar-refractivity contribution in [2.24, 2.45) is 0 Å². The van der Waals surface area contributed by atoms with Gasteiger partial charge in [-0.05, 0) is 18.6 Å². The van der Waals surface area contributed by atoms with Crippen LogP contribution in [0.4, 0.5) is 0 Å². The lowest BCUT2D eigenvalue weighted by Crippen LogP contribution is -2.33. The van der Waals surface area contributed by atoms with E-state index in [9.17, 15) is 13.2 Å². The van der Waals surface area contributed by atoms with Gasteiger partial charge in [-0.15, -0.1) is 11.3 Å². The van der Waals surface area contributed by atoms with Crippen molar-refractivity contribution in [2.45, 2.75) is 19.4 Å². The molecule has 1 amide bonds. The molecule has 1 aliphatic heterocycles. The summed E-state index contributed by atoms with van der Waals surface area (Å²) in [5.41, 5.74) is 0.578. The Bertz CT molecular complexity index is 787. The fraction of sp³-hybridized carbons (Fsp3) is 0.333. The zero-order chi connectivity index (χ0) is 16.3. The first-order chi connectivity index (χ1) is 11.0. The molecule has 3 rings (SSSR count). The number of sulfonamides is 1. The lowest BCUT2D eigenvalue weighted by atomic mass is 10.3. The van der Waals surface area contributed by atoms with Crippen molar-refractivity contribution in [2.75, 3.05) is 12.3 Å². The van der Waals surface area contributed by atoms with Gasteiger partial charge in [-0.2, -0.15) is 0 Å². The normalized spacial score (nSPS) is 16.4. The first-order valence-electron chi connectivity index (χ1n) is 7.19. The summed E-state index contributed by atoms with van der Waals surface area (Å²) in [7, 11) is -3.41. The summed E-state index contributed by atoms with van der Waals surface area (Å²) in [6.07, 6.45) is 0.502. The molecule has 23 heavy (non-hydrogen) atoms. The molecule has 1 saturated heterocycles. The van der Waals surface area contributed by atoms with Crippen LogP contribution in [-0.2, 0) is 27.8 Å². The maximum atomic E-state index is 12.1. The standard InChI is InChI=1S/C15H16N2O4S2/c18-15(17-7-4-8-23(17,19)20)9-12-11-22-14(16-12)10-21-13-5-2-1-3-6-13/h1-3,5-6,11H,4,7-10H2. The topological polar surface area (TPSA) is 76.6 Å². The number of thiazole rings is 1. The molecule has 1 fully saturated rings. The first kappa shape index (κ1) is 15.9. The maximum absolute atomic E-state index is 12.1. The van der Waals surface area contributed by atoms with E-state index in [4.69, 9.17) is 4.74 Å². The lowest BCUT2D eigenvalue weighted by Gasteiger charge is -2.13. The van der Waals surface area contributed by atoms with Gasteiger partial charge in [0.15, 0.2) is 0 Å². The van der Waals surface area contributed by atoms with Crippen molar-refractivity contribution in [1.29, 1.82) is 0 Å². The molecule has 0 spiro atoms. The Morgan fingerprint density at radius 2 is 2.09 bits per heavy atom. The Labute approximate surface area is 138 Å². The fourth-order valence-corrected chi connectivity index (χ4v) is 4.52. The Morgan fingerprint density at radius 1 is 1.30 bits per heavy atom. The molecule has 0 aliphatic carbocycles. The minimum Gasteiger partial charge on any atom is -0.486 e. The van der Waals surface area contributed by atoms with Gasteiger partial charge in [-0.3, -0.25) is 4.79 Å². The first-order valence-corrected chi connectivity index (χ1v) is 9.68. The number of para-hydroxylation sites is 1. The second kappa shape index (κ2) is 6.67. The van der Waals surface area contributed by atoms with Gasteiger partial charge in [0.1, 0.15) is 17.4 Å². The Kier molecular flexibility index (Phi) is 4.63. The van der Waals surface area contributed by atoms with Crippen LogP contribution < -0.4 is 4.74 Å². The molecule has 0 saturated carbocycles. The van der Waals surface area contributed by atoms with Gasteiger partial charge in [-0.25, -0.2) is 17.7 Å². The number of amides is 1. The predicted octanol–water partition coefficient (Wildman–Crippen LogP) is 1.83. The monoisotopic (exact) mass is 352 g/mol. The number of carbonyl (C=O) groups excluding carboxylic acids is 1. The number of ether oxygens (including phenoxy) is 1. The number of hydrogen-bond donors (Lipinski definition) is 0. The average Bonchev–Trinajstić information content (AvgIpc) is 3.12. The Balaban J connectivity index is 1.58. The van der Waals surface area contributed by atoms with Crippen LogP contribution in [-0.4, -0.2) is 35.9 Å². The summed E-state index contributed by atoms with van der Waals surface area (Å²) < 4.78 is 30.0. The Hall–Kier alpha value is -1.93. The molecule has 0 bridgehead atoms. The van der Waals surface area contributed by atoms with Crippen LogP contribution in [0.3, 0.4) is 0 Å². The highest BCUT2D eigenvalue weighted by molar-refractivity contribution is 7.89. The molecule has 2 aromatic rings. The highest BCUT2D eigenvalue weighted by Gasteiger charge is 2.32. The fourth-order valence-electron chi connectivity index (χ4n) is 2.32. The van der Waals surface area contributed by atoms with E-state index in [1.807, 2.05) is 30.3 Å². The largest absolute Gasteiger partial charge is 0.486 e. The molecular weight excluding hydrogens is 336 g/mol. The summed E-state index contributed by atoms with van der Waals surface area (Å²) in [5.74, 6) is 0.387. The van der Waals surface area contributed by atoms with Crippen LogP contribution >= 0.6 is 11.3 Å². The van der Waals surface area contributed by atoms with E-state index >= 15 is 0 Å². The van der Waals surface area contributed by atoms with Crippen molar-refractivity contribution in [1.82, 2.24) is 9.29 Å². The third-order valence-corrected chi connectivity index (χ3v) is 6.15. The zero-order valence-corrected chi connectivity index (χ0v) is 14.0. The lowest BCUT2D eigenvalue weighted by molar-refractivity contribution is -0.125. The number of aromatic nitrogens is 1. The molecule has 0 radical (unpaired) electrons. The molecule has 0 atom stereocenters. The number of benzene rings is 1. The van der Waals surface area contributed by atoms with Crippen molar-refractivity contribution in [3.05, 3.63) is 46.4 Å². The summed E-state index contributed by atoms with van der Waals surface area (Å²) >= 11 is 1.40. The highest BCUT2D eigenvalue weighted by Crippen LogP contribution is 2.18. The molecule has 6 nitrogen and oxygen atoms in total. The van der Waals surface area contributed by atoms with E-state index in [2.05, 4.69) is 4.98 Å². The average molecular weight is 352 g/mol. The van der Waals surface area contributed by atoms with Gasteiger partial charge >= 0.3 is 0 Å². The van der Waals surface area contributed by atoms with Crippen LogP contribution in [0.1, 0.15) is 17.1 Å². The van der Waals surface area contributed by atoms with Crippen molar-refractivity contribution >= 4 is 27.3 Å². The SMILES string of the molecule is O=C(Cc1csc(COc2ccccc2)n1)N1CCCS1(=O)=O. The molecule has 2 heterocycles. The summed E-state index contributed by atoms with van der Waals surface area (Å²) in [6.45, 7) is 0.597. The summed E-state index contributed by atoms with van der Waals surface area (Å²) in [6, 6.07) is 9.40. The maximum Gasteiger partial charge on any atom is 0.242 e. The highest BCUT2D eigenvalue weighted by atomic mass is 32.2. The van der Waals surface area contributed by atoms with Crippen molar-refractivity contribution < 1.29 is 17.9 Å². The molecule has 0 N–H and O–H groups in total. The van der Waals surface area contributed by atoms with Gasteiger partial charge in [0.2, 0.25) is 15.9 Å². The van der Waals surface area contributed by atoms with Crippen LogP contribution in [0, 0.1) is 0 Å². The number of hydrogen-bond acceptors (Lipinski definition) is 6. The summed E-state index contributed by atoms with van der Waals surface area (Å²) in [4.78, 5) is 16.4. The number of carbonyl (C=O) groups is 1. The van der Waals surface area contributed by atoms with Crippen LogP contribution in [0.2, 0.25) is 0 Å². The van der Waals surface area contributed by atoms with Gasteiger partial charge in [0, 0.05) is 11.9 Å². The van der Waals surface area contributed by atoms with E-state index < -0.39 is 15.9 Å². The van der Waals surface area contributed by atoms with E-state index in [1.165, 1.54) is 11.3 Å². The third kappa shape index (κ3) is 3.89. The van der Waals surface area contributed by atoms with E-state index in [0.717, 1.165) is 15.1 Å². The van der Waals surface area contributed by atoms with Gasteiger partial charge in [-0.1, -0.05) is 18.2 Å². The van der Waals surface area contributed by atoms with Crippen molar-refractivity contribution in [3.8, 4) is 5.75 Å². The van der Waals surface area contributed by atoms with Crippen LogP contribution in [0.25, 0.3) is 0 Å². The van der Waals surface area contributed by atoms with Crippen LogP contribution in [0.15, 0.2) is 35.7 Å². The van der Waals surface area contributed by atoms with E-state index in [-0.39, 0.29) is 18.7 Å². The molecule has 1 aromatic carbocycles. The van der Waals surface area contributed by atoms with Gasteiger partial charge in [0.05, 0.1) is 17.9 Å². The number of nitrogens with zero attached hydrogens (tertiary/aromatic N) is 2. The Morgan fingerprint density at radius 3 is 2.78 bits per heavy atom. The third-order valence-electron chi connectivity index (χ3n) is 3.41. The quantitative estimate of drug-likeness (QED) is 0.820. The molecule has 8 heteroatoms. The molecular formula is C15H16N2O4S2. The molecule has 0 unspecified atom stereocenters.